The summed E-state index contributed by atoms with van der Waals surface area (Å²) in [6.07, 6.45) is 1.95. The quantitative estimate of drug-likeness (QED) is 0.745. The minimum Gasteiger partial charge on any atom is -0.496 e. The maximum absolute atomic E-state index is 12.1. The number of methoxy groups -OCH3 is 1. The van der Waals surface area contributed by atoms with Crippen molar-refractivity contribution < 1.29 is 23.9 Å². The molecule has 0 radical (unpaired) electrons. The molecule has 2 amide bonds. The first-order valence-corrected chi connectivity index (χ1v) is 7.82. The zero-order chi connectivity index (χ0) is 17.7. The van der Waals surface area contributed by atoms with Gasteiger partial charge in [0.25, 0.3) is 5.91 Å². The summed E-state index contributed by atoms with van der Waals surface area (Å²) in [6.45, 7) is -0.547. The van der Waals surface area contributed by atoms with E-state index in [9.17, 15) is 14.4 Å². The number of benzene rings is 1. The molecule has 0 spiro atoms. The molecule has 1 saturated carbocycles. The maximum Gasteiger partial charge on any atom is 0.342 e. The van der Waals surface area contributed by atoms with Crippen molar-refractivity contribution in [2.45, 2.75) is 18.9 Å². The standard InChI is InChI=1S/C16H19ClN2O5/c1-19(8-14(20)18-11-4-5-11)15(21)9-24-16(22)12-7-10(17)3-6-13(12)23-2/h3,6-7,11H,4-5,8-9H2,1-2H3,(H,18,20). The van der Waals surface area contributed by atoms with Crippen LogP contribution < -0.4 is 10.1 Å². The average Bonchev–Trinajstić information content (AvgIpc) is 3.35. The summed E-state index contributed by atoms with van der Waals surface area (Å²) in [6, 6.07) is 4.75. The first kappa shape index (κ1) is 18.1. The van der Waals surface area contributed by atoms with Gasteiger partial charge in [-0.15, -0.1) is 0 Å². The zero-order valence-electron chi connectivity index (χ0n) is 13.5. The highest BCUT2D eigenvalue weighted by atomic mass is 35.5. The summed E-state index contributed by atoms with van der Waals surface area (Å²) in [5.74, 6) is -1.13. The number of halogens is 1. The van der Waals surface area contributed by atoms with E-state index in [4.69, 9.17) is 21.1 Å². The molecule has 0 saturated heterocycles. The lowest BCUT2D eigenvalue weighted by molar-refractivity contribution is -0.137. The maximum atomic E-state index is 12.1. The topological polar surface area (TPSA) is 84.9 Å². The van der Waals surface area contributed by atoms with Gasteiger partial charge < -0.3 is 19.7 Å². The number of hydrogen-bond acceptors (Lipinski definition) is 5. The van der Waals surface area contributed by atoms with Gasteiger partial charge in [0.15, 0.2) is 6.61 Å². The highest BCUT2D eigenvalue weighted by Crippen LogP contribution is 2.23. The third-order valence-corrected chi connectivity index (χ3v) is 3.69. The van der Waals surface area contributed by atoms with Crippen LogP contribution in [-0.2, 0) is 14.3 Å². The number of esters is 1. The number of nitrogens with zero attached hydrogens (tertiary/aromatic N) is 1. The largest absolute Gasteiger partial charge is 0.496 e. The molecule has 130 valence electrons. The number of rotatable bonds is 7. The second-order valence-electron chi connectivity index (χ2n) is 5.51. The molecule has 1 aliphatic rings. The average molecular weight is 355 g/mol. The molecule has 0 bridgehead atoms. The fraction of sp³-hybridized carbons (Fsp3) is 0.438. The first-order valence-electron chi connectivity index (χ1n) is 7.44. The van der Waals surface area contributed by atoms with E-state index in [-0.39, 0.29) is 24.1 Å². The smallest absolute Gasteiger partial charge is 0.342 e. The summed E-state index contributed by atoms with van der Waals surface area (Å²) in [7, 11) is 2.89. The number of likely N-dealkylation sites (N-methyl/N-ethyl adjacent to an activating group) is 1. The van der Waals surface area contributed by atoms with E-state index in [1.54, 1.807) is 6.07 Å². The predicted octanol–water partition coefficient (Wildman–Crippen LogP) is 1.24. The summed E-state index contributed by atoms with van der Waals surface area (Å²) >= 11 is 5.85. The van der Waals surface area contributed by atoms with Crippen LogP contribution in [0.3, 0.4) is 0 Å². The highest BCUT2D eigenvalue weighted by Gasteiger charge is 2.24. The summed E-state index contributed by atoms with van der Waals surface area (Å²) in [5, 5.41) is 3.13. The Morgan fingerprint density at radius 1 is 1.33 bits per heavy atom. The van der Waals surface area contributed by atoms with Crippen molar-refractivity contribution in [3.8, 4) is 5.75 Å². The molecule has 24 heavy (non-hydrogen) atoms. The lowest BCUT2D eigenvalue weighted by Gasteiger charge is -2.17. The fourth-order valence-corrected chi connectivity index (χ4v) is 2.13. The Kier molecular flexibility index (Phi) is 6.03. The summed E-state index contributed by atoms with van der Waals surface area (Å²) in [5.41, 5.74) is 0.131. The van der Waals surface area contributed by atoms with E-state index in [1.807, 2.05) is 0 Å². The molecule has 0 aromatic heterocycles. The second-order valence-corrected chi connectivity index (χ2v) is 5.95. The van der Waals surface area contributed by atoms with Crippen LogP contribution in [0.1, 0.15) is 23.2 Å². The summed E-state index contributed by atoms with van der Waals surface area (Å²) < 4.78 is 10.0. The number of carbonyl (C=O) groups excluding carboxylic acids is 3. The fourth-order valence-electron chi connectivity index (χ4n) is 1.96. The van der Waals surface area contributed by atoms with Crippen molar-refractivity contribution in [3.05, 3.63) is 28.8 Å². The van der Waals surface area contributed by atoms with Crippen molar-refractivity contribution in [2.24, 2.45) is 0 Å². The number of hydrogen-bond donors (Lipinski definition) is 1. The number of carbonyl (C=O) groups is 3. The Balaban J connectivity index is 1.85. The third kappa shape index (κ3) is 5.13. The zero-order valence-corrected chi connectivity index (χ0v) is 14.3. The molecule has 0 unspecified atom stereocenters. The Bertz CT molecular complexity index is 645. The third-order valence-electron chi connectivity index (χ3n) is 3.46. The van der Waals surface area contributed by atoms with Gasteiger partial charge in [-0.1, -0.05) is 11.6 Å². The van der Waals surface area contributed by atoms with Gasteiger partial charge in [0.05, 0.1) is 13.7 Å². The molecule has 1 N–H and O–H groups in total. The number of nitrogens with one attached hydrogen (secondary N) is 1. The SMILES string of the molecule is COc1ccc(Cl)cc1C(=O)OCC(=O)N(C)CC(=O)NC1CC1. The molecule has 8 heteroatoms. The van der Waals surface area contributed by atoms with Gasteiger partial charge in [-0.05, 0) is 31.0 Å². The van der Waals surface area contributed by atoms with E-state index < -0.39 is 18.5 Å². The highest BCUT2D eigenvalue weighted by molar-refractivity contribution is 6.31. The van der Waals surface area contributed by atoms with Gasteiger partial charge in [-0.3, -0.25) is 9.59 Å². The molecular weight excluding hydrogens is 336 g/mol. The Morgan fingerprint density at radius 3 is 2.67 bits per heavy atom. The van der Waals surface area contributed by atoms with Crippen molar-refractivity contribution in [3.63, 3.8) is 0 Å². The molecule has 0 heterocycles. The molecule has 1 aromatic carbocycles. The van der Waals surface area contributed by atoms with Crippen LogP contribution in [0, 0.1) is 0 Å². The lowest BCUT2D eigenvalue weighted by atomic mass is 10.2. The lowest BCUT2D eigenvalue weighted by Crippen LogP contribution is -2.40. The van der Waals surface area contributed by atoms with Gasteiger partial charge in [-0.25, -0.2) is 4.79 Å². The molecule has 0 aliphatic heterocycles. The molecule has 1 aromatic rings. The van der Waals surface area contributed by atoms with Crippen molar-refractivity contribution >= 4 is 29.4 Å². The van der Waals surface area contributed by atoms with Crippen LogP contribution in [-0.4, -0.2) is 56.0 Å². The number of amides is 2. The van der Waals surface area contributed by atoms with E-state index in [0.717, 1.165) is 12.8 Å². The molecule has 0 atom stereocenters. The predicted molar refractivity (Wildman–Crippen MR) is 87.1 cm³/mol. The molecule has 1 fully saturated rings. The second kappa shape index (κ2) is 8.01. The van der Waals surface area contributed by atoms with Crippen LogP contribution in [0.4, 0.5) is 0 Å². The Morgan fingerprint density at radius 2 is 2.04 bits per heavy atom. The molecule has 2 rings (SSSR count). The van der Waals surface area contributed by atoms with E-state index in [0.29, 0.717) is 10.8 Å². The van der Waals surface area contributed by atoms with E-state index in [1.165, 1.54) is 31.2 Å². The van der Waals surface area contributed by atoms with Gasteiger partial charge >= 0.3 is 5.97 Å². The van der Waals surface area contributed by atoms with Crippen LogP contribution in [0.15, 0.2) is 18.2 Å². The molecule has 7 nitrogen and oxygen atoms in total. The Labute approximate surface area is 144 Å². The van der Waals surface area contributed by atoms with Gasteiger partial charge in [0.2, 0.25) is 5.91 Å². The molecule has 1 aliphatic carbocycles. The minimum atomic E-state index is -0.724. The van der Waals surface area contributed by atoms with E-state index in [2.05, 4.69) is 5.32 Å². The van der Waals surface area contributed by atoms with Crippen LogP contribution in [0.5, 0.6) is 5.75 Å². The van der Waals surface area contributed by atoms with Crippen LogP contribution in [0.2, 0.25) is 5.02 Å². The monoisotopic (exact) mass is 354 g/mol. The van der Waals surface area contributed by atoms with Crippen molar-refractivity contribution in [1.82, 2.24) is 10.2 Å². The first-order chi connectivity index (χ1) is 11.4. The minimum absolute atomic E-state index is 0.0760. The van der Waals surface area contributed by atoms with E-state index >= 15 is 0 Å². The van der Waals surface area contributed by atoms with Crippen molar-refractivity contribution in [2.75, 3.05) is 27.3 Å². The summed E-state index contributed by atoms with van der Waals surface area (Å²) in [4.78, 5) is 36.9. The van der Waals surface area contributed by atoms with Gasteiger partial charge in [-0.2, -0.15) is 0 Å². The Hall–Kier alpha value is -2.28. The van der Waals surface area contributed by atoms with Gasteiger partial charge in [0, 0.05) is 18.1 Å². The normalized spacial score (nSPS) is 13.1. The van der Waals surface area contributed by atoms with Crippen molar-refractivity contribution in [1.29, 1.82) is 0 Å². The van der Waals surface area contributed by atoms with Gasteiger partial charge in [0.1, 0.15) is 11.3 Å². The number of ether oxygens (including phenoxy) is 2. The van der Waals surface area contributed by atoms with Crippen LogP contribution >= 0.6 is 11.6 Å². The molecular formula is C16H19ClN2O5. The van der Waals surface area contributed by atoms with Crippen LogP contribution in [0.25, 0.3) is 0 Å².